The molecule has 5 rings (SSSR count). The molecule has 0 radical (unpaired) electrons. The van der Waals surface area contributed by atoms with E-state index in [1.54, 1.807) is 0 Å². The molecule has 3 aromatic rings. The minimum atomic E-state index is -0.0925. The van der Waals surface area contributed by atoms with Gasteiger partial charge in [-0.25, -0.2) is 9.97 Å². The molecule has 1 saturated heterocycles. The first kappa shape index (κ1) is 24.6. The van der Waals surface area contributed by atoms with Crippen molar-refractivity contribution in [1.82, 2.24) is 25.2 Å². The minimum absolute atomic E-state index is 0.0925. The molecule has 0 unspecified atom stereocenters. The predicted molar refractivity (Wildman–Crippen MR) is 142 cm³/mol. The Kier molecular flexibility index (Phi) is 7.72. The summed E-state index contributed by atoms with van der Waals surface area (Å²) >= 11 is 0. The van der Waals surface area contributed by atoms with Gasteiger partial charge in [0.15, 0.2) is 5.82 Å². The van der Waals surface area contributed by atoms with Crippen molar-refractivity contribution in [2.45, 2.75) is 64.1 Å². The summed E-state index contributed by atoms with van der Waals surface area (Å²) in [6, 6.07) is 6.60. The van der Waals surface area contributed by atoms with Crippen LogP contribution in [0.25, 0.3) is 22.0 Å². The quantitative estimate of drug-likeness (QED) is 0.526. The Balaban J connectivity index is 1.48. The summed E-state index contributed by atoms with van der Waals surface area (Å²) in [6.45, 7) is 4.82. The number of carbonyl (C=O) groups is 1. The molecule has 8 heteroatoms. The van der Waals surface area contributed by atoms with Gasteiger partial charge >= 0.3 is 0 Å². The van der Waals surface area contributed by atoms with Gasteiger partial charge in [0.2, 0.25) is 5.91 Å². The molecule has 0 saturated carbocycles. The number of benzene rings is 1. The second-order valence-electron chi connectivity index (χ2n) is 9.93. The van der Waals surface area contributed by atoms with Crippen molar-refractivity contribution in [1.29, 1.82) is 0 Å². The van der Waals surface area contributed by atoms with E-state index in [4.69, 9.17) is 9.72 Å². The van der Waals surface area contributed by atoms with Crippen LogP contribution in [0.15, 0.2) is 36.8 Å². The predicted octanol–water partition coefficient (Wildman–Crippen LogP) is 3.95. The highest BCUT2D eigenvalue weighted by molar-refractivity contribution is 5.91. The molecule has 1 fully saturated rings. The van der Waals surface area contributed by atoms with E-state index in [0.717, 1.165) is 67.4 Å². The summed E-state index contributed by atoms with van der Waals surface area (Å²) in [6.07, 6.45) is 11.3. The first-order chi connectivity index (χ1) is 17.6. The van der Waals surface area contributed by atoms with E-state index in [2.05, 4.69) is 50.6 Å². The summed E-state index contributed by atoms with van der Waals surface area (Å²) in [5.41, 5.74) is 5.39. The van der Waals surface area contributed by atoms with Crippen LogP contribution in [0.2, 0.25) is 0 Å². The molecule has 4 bridgehead atoms. The van der Waals surface area contributed by atoms with Gasteiger partial charge in [-0.15, -0.1) is 0 Å². The monoisotopic (exact) mass is 488 g/mol. The Bertz CT molecular complexity index is 1200. The molecule has 2 aliphatic rings. The van der Waals surface area contributed by atoms with Crippen LogP contribution < -0.4 is 10.6 Å². The van der Waals surface area contributed by atoms with E-state index in [0.29, 0.717) is 25.6 Å². The lowest BCUT2D eigenvalue weighted by molar-refractivity contribution is -0.127. The summed E-state index contributed by atoms with van der Waals surface area (Å²) in [5, 5.41) is 8.01. The van der Waals surface area contributed by atoms with Crippen molar-refractivity contribution in [3.8, 4) is 11.1 Å². The minimum Gasteiger partial charge on any atom is -0.381 e. The van der Waals surface area contributed by atoms with Crippen LogP contribution in [0, 0.1) is 0 Å². The zero-order valence-corrected chi connectivity index (χ0v) is 21.3. The Morgan fingerprint density at radius 3 is 2.83 bits per heavy atom. The fourth-order valence-electron chi connectivity index (χ4n) is 5.27. The van der Waals surface area contributed by atoms with E-state index in [-0.39, 0.29) is 18.0 Å². The van der Waals surface area contributed by atoms with Gasteiger partial charge in [-0.3, -0.25) is 14.7 Å². The number of piperidine rings is 1. The molecule has 190 valence electrons. The van der Waals surface area contributed by atoms with Crippen LogP contribution >= 0.6 is 0 Å². The Hall–Kier alpha value is -3.10. The number of hydrogen-bond donors (Lipinski definition) is 2. The molecule has 2 N–H and O–H groups in total. The van der Waals surface area contributed by atoms with Crippen molar-refractivity contribution in [2.24, 2.45) is 0 Å². The molecule has 0 spiro atoms. The number of fused-ring (bicyclic) bond motifs is 3. The maximum absolute atomic E-state index is 12.9. The van der Waals surface area contributed by atoms with Crippen LogP contribution in [-0.2, 0) is 22.6 Å². The SMILES string of the molecule is CCCOCc1ncc(-c2ccc3ncc4cc3c2CCCCNC(=O)[C@@H]2C[C@H](CCN2C)N4)cn1. The first-order valence-electron chi connectivity index (χ1n) is 13.2. The molecule has 2 aliphatic heterocycles. The number of likely N-dealkylation sites (N-methyl/N-ethyl adjacent to an activating group) is 1. The van der Waals surface area contributed by atoms with Crippen LogP contribution in [0.3, 0.4) is 0 Å². The highest BCUT2D eigenvalue weighted by atomic mass is 16.5. The number of carbonyl (C=O) groups excluding carboxylic acids is 1. The number of nitrogens with one attached hydrogen (secondary N) is 2. The second-order valence-corrected chi connectivity index (χ2v) is 9.93. The first-order valence-corrected chi connectivity index (χ1v) is 13.2. The fraction of sp³-hybridized carbons (Fsp3) is 0.500. The highest BCUT2D eigenvalue weighted by Crippen LogP contribution is 2.32. The average Bonchev–Trinajstić information content (AvgIpc) is 2.89. The van der Waals surface area contributed by atoms with Crippen molar-refractivity contribution in [3.63, 3.8) is 0 Å². The summed E-state index contributed by atoms with van der Waals surface area (Å²) < 4.78 is 5.59. The lowest BCUT2D eigenvalue weighted by Crippen LogP contribution is -2.52. The lowest BCUT2D eigenvalue weighted by Gasteiger charge is -2.37. The Morgan fingerprint density at radius 1 is 1.14 bits per heavy atom. The van der Waals surface area contributed by atoms with Gasteiger partial charge in [0.1, 0.15) is 6.61 Å². The maximum atomic E-state index is 12.9. The number of nitrogens with zero attached hydrogens (tertiary/aromatic N) is 4. The van der Waals surface area contributed by atoms with E-state index >= 15 is 0 Å². The summed E-state index contributed by atoms with van der Waals surface area (Å²) in [5.74, 6) is 0.834. The van der Waals surface area contributed by atoms with Crippen LogP contribution in [0.1, 0.15) is 50.4 Å². The average molecular weight is 489 g/mol. The van der Waals surface area contributed by atoms with Gasteiger partial charge in [0, 0.05) is 49.1 Å². The number of aromatic nitrogens is 3. The Morgan fingerprint density at radius 2 is 2.00 bits per heavy atom. The zero-order chi connectivity index (χ0) is 24.9. The number of pyridine rings is 1. The second kappa shape index (κ2) is 11.3. The Labute approximate surface area is 212 Å². The van der Waals surface area contributed by atoms with Gasteiger partial charge in [-0.1, -0.05) is 13.0 Å². The normalized spacial score (nSPS) is 21.1. The van der Waals surface area contributed by atoms with Crippen molar-refractivity contribution >= 4 is 22.5 Å². The van der Waals surface area contributed by atoms with Crippen LogP contribution in [0.4, 0.5) is 5.69 Å². The molecule has 0 aliphatic carbocycles. The molecule has 2 aromatic heterocycles. The van der Waals surface area contributed by atoms with Gasteiger partial charge < -0.3 is 15.4 Å². The van der Waals surface area contributed by atoms with Crippen molar-refractivity contribution in [3.05, 3.63) is 48.2 Å². The van der Waals surface area contributed by atoms with Crippen LogP contribution in [-0.4, -0.2) is 64.6 Å². The largest absolute Gasteiger partial charge is 0.381 e. The topological polar surface area (TPSA) is 92.3 Å². The van der Waals surface area contributed by atoms with E-state index in [9.17, 15) is 4.79 Å². The summed E-state index contributed by atoms with van der Waals surface area (Å²) in [7, 11) is 2.05. The van der Waals surface area contributed by atoms with Gasteiger partial charge in [-0.2, -0.15) is 0 Å². The number of likely N-dealkylation sites (tertiary alicyclic amines) is 1. The van der Waals surface area contributed by atoms with Crippen LogP contribution in [0.5, 0.6) is 0 Å². The molecule has 8 nitrogen and oxygen atoms in total. The van der Waals surface area contributed by atoms with Gasteiger partial charge in [-0.05, 0) is 68.8 Å². The maximum Gasteiger partial charge on any atom is 0.237 e. The molecule has 4 heterocycles. The number of ether oxygens (including phenoxy) is 1. The van der Waals surface area contributed by atoms with Crippen molar-refractivity contribution < 1.29 is 9.53 Å². The number of anilines is 1. The standard InChI is InChI=1S/C28H36N6O2/c1-3-12-36-18-27-31-15-19(16-32-27)22-7-8-25-24-13-21(17-30-25)33-20-9-11-34(2)26(14-20)28(35)29-10-5-4-6-23(22)24/h7-8,13,15-17,20,26,33H,3-6,9-12,14,18H2,1-2H3,(H,29,35)/t20-,26-/m0/s1. The molecule has 2 atom stereocenters. The van der Waals surface area contributed by atoms with E-state index in [1.807, 2.05) is 25.6 Å². The number of hydrogen-bond acceptors (Lipinski definition) is 7. The summed E-state index contributed by atoms with van der Waals surface area (Å²) in [4.78, 5) is 28.9. The number of amides is 1. The van der Waals surface area contributed by atoms with Gasteiger partial charge in [0.25, 0.3) is 0 Å². The lowest BCUT2D eigenvalue weighted by atomic mass is 9.93. The molecule has 1 amide bonds. The third-order valence-electron chi connectivity index (χ3n) is 7.27. The van der Waals surface area contributed by atoms with E-state index < -0.39 is 0 Å². The fourth-order valence-corrected chi connectivity index (χ4v) is 5.27. The highest BCUT2D eigenvalue weighted by Gasteiger charge is 2.31. The van der Waals surface area contributed by atoms with Crippen molar-refractivity contribution in [2.75, 3.05) is 32.1 Å². The van der Waals surface area contributed by atoms with Gasteiger partial charge in [0.05, 0.1) is 23.4 Å². The third kappa shape index (κ3) is 5.50. The molecule has 36 heavy (non-hydrogen) atoms. The number of aryl methyl sites for hydroxylation is 1. The third-order valence-corrected chi connectivity index (χ3v) is 7.27. The smallest absolute Gasteiger partial charge is 0.237 e. The molecular formula is C28H36N6O2. The van der Waals surface area contributed by atoms with E-state index in [1.165, 1.54) is 10.9 Å². The zero-order valence-electron chi connectivity index (χ0n) is 21.3. The molecular weight excluding hydrogens is 452 g/mol. The molecule has 1 aromatic carbocycles. The number of rotatable bonds is 5.